The van der Waals surface area contributed by atoms with Crippen molar-refractivity contribution in [3.63, 3.8) is 0 Å². The van der Waals surface area contributed by atoms with Crippen LogP contribution >= 0.6 is 0 Å². The Morgan fingerprint density at radius 3 is 2.41 bits per heavy atom. The zero-order chi connectivity index (χ0) is 19.9. The molecule has 156 valence electrons. The number of hydrogen-bond acceptors (Lipinski definition) is 3. The molecule has 0 bridgehead atoms. The molecule has 0 atom stereocenters. The van der Waals surface area contributed by atoms with E-state index in [1.54, 1.807) is 23.1 Å². The number of amides is 2. The third kappa shape index (κ3) is 6.48. The van der Waals surface area contributed by atoms with Crippen LogP contribution in [-0.2, 0) is 11.3 Å². The molecule has 0 radical (unpaired) electrons. The van der Waals surface area contributed by atoms with Gasteiger partial charge in [0.2, 0.25) is 5.91 Å². The Bertz CT molecular complexity index is 821. The number of ether oxygens (including phenoxy) is 1. The van der Waals surface area contributed by atoms with Gasteiger partial charge in [0.05, 0.1) is 25.8 Å². The predicted octanol–water partition coefficient (Wildman–Crippen LogP) is -1.37. The van der Waals surface area contributed by atoms with Crippen LogP contribution in [0.1, 0.15) is 35.7 Å². The van der Waals surface area contributed by atoms with E-state index < -0.39 is 0 Å². The molecule has 29 heavy (non-hydrogen) atoms. The van der Waals surface area contributed by atoms with Gasteiger partial charge in [0, 0.05) is 43.1 Å². The first-order chi connectivity index (χ1) is 13.5. The van der Waals surface area contributed by atoms with Gasteiger partial charge in [-0.3, -0.25) is 9.59 Å². The fourth-order valence-corrected chi connectivity index (χ4v) is 3.65. The number of nitrogens with one attached hydrogen (secondary N) is 3. The van der Waals surface area contributed by atoms with E-state index in [-0.39, 0.29) is 30.3 Å². The number of carbonyl (C=O) groups is 2. The van der Waals surface area contributed by atoms with Gasteiger partial charge in [0.15, 0.2) is 0 Å². The number of methoxy groups -OCH3 is 1. The first-order valence-corrected chi connectivity index (χ1v) is 9.69. The van der Waals surface area contributed by atoms with E-state index in [2.05, 4.69) is 34.9 Å². The molecule has 2 aromatic carbocycles. The van der Waals surface area contributed by atoms with Crippen LogP contribution in [0, 0.1) is 0 Å². The average molecular weight is 418 g/mol. The molecular formula is C22H28ClN3O3. The van der Waals surface area contributed by atoms with Crippen molar-refractivity contribution in [1.82, 2.24) is 5.32 Å². The highest BCUT2D eigenvalue weighted by Gasteiger charge is 2.25. The van der Waals surface area contributed by atoms with Gasteiger partial charge in [0.1, 0.15) is 12.3 Å². The highest BCUT2D eigenvalue weighted by atomic mass is 35.5. The summed E-state index contributed by atoms with van der Waals surface area (Å²) in [5, 5.41) is 5.83. The Morgan fingerprint density at radius 2 is 1.79 bits per heavy atom. The van der Waals surface area contributed by atoms with Crippen LogP contribution in [0.4, 0.5) is 5.69 Å². The Kier molecular flexibility index (Phi) is 8.49. The lowest BCUT2D eigenvalue weighted by Crippen LogP contribution is -3.12. The molecule has 1 aliphatic heterocycles. The second kappa shape index (κ2) is 10.8. The molecule has 7 heteroatoms. The summed E-state index contributed by atoms with van der Waals surface area (Å²) < 4.78 is 5.35. The highest BCUT2D eigenvalue weighted by Crippen LogP contribution is 2.23. The third-order valence-electron chi connectivity index (χ3n) is 5.09. The van der Waals surface area contributed by atoms with Gasteiger partial charge in [-0.25, -0.2) is 0 Å². The summed E-state index contributed by atoms with van der Waals surface area (Å²) in [7, 11) is 1.52. The molecule has 0 aliphatic carbocycles. The second-order valence-electron chi connectivity index (χ2n) is 7.26. The maximum Gasteiger partial charge on any atom is 0.255 e. The van der Waals surface area contributed by atoms with Crippen molar-refractivity contribution in [3.05, 3.63) is 59.7 Å². The lowest BCUT2D eigenvalue weighted by Gasteiger charge is -2.30. The monoisotopic (exact) mass is 417 g/mol. The van der Waals surface area contributed by atoms with Gasteiger partial charge < -0.3 is 32.7 Å². The normalized spacial score (nSPS) is 18.3. The maximum atomic E-state index is 12.7. The standard InChI is InChI=1S/C22H27N3O3.ClH/c1-16(26)23-19-8-9-20(21(14-19)28-2)22(27)24-18-10-12-25(13-11-18)15-17-6-4-3-5-7-17;/h3-9,14,18H,10-13,15H2,1-2H3,(H,23,26)(H,24,27);1H. The maximum absolute atomic E-state index is 12.7. The van der Waals surface area contributed by atoms with Gasteiger partial charge in [-0.2, -0.15) is 0 Å². The van der Waals surface area contributed by atoms with Crippen LogP contribution in [-0.4, -0.2) is 38.1 Å². The SMILES string of the molecule is COc1cc(NC(C)=O)ccc1C(=O)NC1CC[NH+](Cc2ccccc2)CC1.[Cl-]. The first-order valence-electron chi connectivity index (χ1n) is 9.69. The Morgan fingerprint density at radius 1 is 1.10 bits per heavy atom. The molecule has 3 N–H and O–H groups in total. The van der Waals surface area contributed by atoms with E-state index in [1.165, 1.54) is 19.6 Å². The molecular weight excluding hydrogens is 390 g/mol. The number of anilines is 1. The minimum absolute atomic E-state index is 0. The molecule has 0 aromatic heterocycles. The number of likely N-dealkylation sites (tertiary alicyclic amines) is 1. The summed E-state index contributed by atoms with van der Waals surface area (Å²) in [6.07, 6.45) is 1.92. The summed E-state index contributed by atoms with van der Waals surface area (Å²) in [6, 6.07) is 15.8. The van der Waals surface area contributed by atoms with Crippen LogP contribution in [0.15, 0.2) is 48.5 Å². The number of carbonyl (C=O) groups excluding carboxylic acids is 2. The molecule has 0 spiro atoms. The first kappa shape index (κ1) is 22.7. The molecule has 1 fully saturated rings. The quantitative estimate of drug-likeness (QED) is 0.543. The van der Waals surface area contributed by atoms with Gasteiger partial charge in [-0.1, -0.05) is 30.3 Å². The summed E-state index contributed by atoms with van der Waals surface area (Å²) in [4.78, 5) is 25.5. The minimum atomic E-state index is -0.163. The summed E-state index contributed by atoms with van der Waals surface area (Å²) in [5.74, 6) is 0.155. The molecule has 3 rings (SSSR count). The Balaban J connectivity index is 0.00000300. The molecule has 6 nitrogen and oxygen atoms in total. The number of halogens is 1. The molecule has 0 unspecified atom stereocenters. The van der Waals surface area contributed by atoms with Crippen LogP contribution < -0.4 is 32.7 Å². The molecule has 0 saturated carbocycles. The van der Waals surface area contributed by atoms with Crippen molar-refractivity contribution in [1.29, 1.82) is 0 Å². The molecule has 2 amide bonds. The predicted molar refractivity (Wildman–Crippen MR) is 109 cm³/mol. The van der Waals surface area contributed by atoms with E-state index in [0.717, 1.165) is 32.5 Å². The Labute approximate surface area is 178 Å². The van der Waals surface area contributed by atoms with Crippen molar-refractivity contribution < 1.29 is 31.6 Å². The van der Waals surface area contributed by atoms with Crippen LogP contribution in [0.2, 0.25) is 0 Å². The van der Waals surface area contributed by atoms with Crippen molar-refractivity contribution in [3.8, 4) is 5.75 Å². The lowest BCUT2D eigenvalue weighted by atomic mass is 10.0. The van der Waals surface area contributed by atoms with Crippen molar-refractivity contribution >= 4 is 17.5 Å². The van der Waals surface area contributed by atoms with E-state index in [9.17, 15) is 9.59 Å². The minimum Gasteiger partial charge on any atom is -1.00 e. The molecule has 2 aromatic rings. The van der Waals surface area contributed by atoms with Gasteiger partial charge >= 0.3 is 0 Å². The summed E-state index contributed by atoms with van der Waals surface area (Å²) in [5.41, 5.74) is 2.44. The summed E-state index contributed by atoms with van der Waals surface area (Å²) >= 11 is 0. The van der Waals surface area contributed by atoms with Crippen LogP contribution in [0.3, 0.4) is 0 Å². The smallest absolute Gasteiger partial charge is 0.255 e. The van der Waals surface area contributed by atoms with Crippen molar-refractivity contribution in [2.24, 2.45) is 0 Å². The summed E-state index contributed by atoms with van der Waals surface area (Å²) in [6.45, 7) is 4.55. The fourth-order valence-electron chi connectivity index (χ4n) is 3.65. The topological polar surface area (TPSA) is 71.9 Å². The van der Waals surface area contributed by atoms with Crippen LogP contribution in [0.25, 0.3) is 0 Å². The molecule has 1 heterocycles. The van der Waals surface area contributed by atoms with Crippen molar-refractivity contribution in [2.45, 2.75) is 32.4 Å². The van der Waals surface area contributed by atoms with E-state index >= 15 is 0 Å². The van der Waals surface area contributed by atoms with E-state index in [1.807, 2.05) is 6.07 Å². The van der Waals surface area contributed by atoms with Crippen LogP contribution in [0.5, 0.6) is 5.75 Å². The van der Waals surface area contributed by atoms with Crippen molar-refractivity contribution in [2.75, 3.05) is 25.5 Å². The Hall–Kier alpha value is -2.57. The van der Waals surface area contributed by atoms with Gasteiger partial charge in [-0.15, -0.1) is 0 Å². The molecule has 1 saturated heterocycles. The average Bonchev–Trinajstić information content (AvgIpc) is 2.69. The third-order valence-corrected chi connectivity index (χ3v) is 5.09. The van der Waals surface area contributed by atoms with Gasteiger partial charge in [-0.05, 0) is 12.1 Å². The lowest BCUT2D eigenvalue weighted by molar-refractivity contribution is -0.918. The zero-order valence-electron chi connectivity index (χ0n) is 16.8. The number of rotatable bonds is 6. The molecule has 1 aliphatic rings. The largest absolute Gasteiger partial charge is 1.00 e. The second-order valence-corrected chi connectivity index (χ2v) is 7.26. The van der Waals surface area contributed by atoms with E-state index in [4.69, 9.17) is 4.74 Å². The number of benzene rings is 2. The zero-order valence-corrected chi connectivity index (χ0v) is 17.6. The number of piperidine rings is 1. The van der Waals surface area contributed by atoms with E-state index in [0.29, 0.717) is 17.0 Å². The highest BCUT2D eigenvalue weighted by molar-refractivity contribution is 5.98. The number of quaternary nitrogens is 1. The fraction of sp³-hybridized carbons (Fsp3) is 0.364. The van der Waals surface area contributed by atoms with Gasteiger partial charge in [0.25, 0.3) is 5.91 Å². The number of hydrogen-bond donors (Lipinski definition) is 3.